The Hall–Kier alpha value is -0.390. The van der Waals surface area contributed by atoms with Gasteiger partial charge in [-0.05, 0) is 44.0 Å². The maximum absolute atomic E-state index is 12.5. The van der Waals surface area contributed by atoms with Gasteiger partial charge in [-0.1, -0.05) is 31.9 Å². The molecule has 0 aliphatic carbocycles. The lowest BCUT2D eigenvalue weighted by atomic mass is 10.1. The van der Waals surface area contributed by atoms with Gasteiger partial charge in [0.1, 0.15) is 0 Å². The molecule has 1 aromatic carbocycles. The van der Waals surface area contributed by atoms with Gasteiger partial charge < -0.3 is 10.6 Å². The molecule has 0 aromatic heterocycles. The Balaban J connectivity index is 2.21. The number of benzene rings is 1. The van der Waals surface area contributed by atoms with Gasteiger partial charge in [-0.2, -0.15) is 0 Å². The third-order valence-corrected chi connectivity index (χ3v) is 4.28. The van der Waals surface area contributed by atoms with Gasteiger partial charge in [0.2, 0.25) is 0 Å². The topological polar surface area (TPSA) is 46.3 Å². The molecule has 1 aliphatic rings. The molecule has 5 heteroatoms. The molecule has 2 N–H and O–H groups in total. The molecule has 0 bridgehead atoms. The summed E-state index contributed by atoms with van der Waals surface area (Å²) in [5, 5.41) is 0. The highest BCUT2D eigenvalue weighted by Crippen LogP contribution is 2.26. The maximum Gasteiger partial charge on any atom is 0.254 e. The molecule has 18 heavy (non-hydrogen) atoms. The Kier molecular flexibility index (Phi) is 4.45. The molecule has 1 aromatic rings. The van der Waals surface area contributed by atoms with Gasteiger partial charge in [0.25, 0.3) is 5.91 Å². The first-order valence-electron chi connectivity index (χ1n) is 5.98. The molecule has 98 valence electrons. The van der Waals surface area contributed by atoms with E-state index in [1.807, 2.05) is 23.1 Å². The van der Waals surface area contributed by atoms with Crippen LogP contribution in [0.3, 0.4) is 0 Å². The molecule has 1 aliphatic heterocycles. The second-order valence-corrected chi connectivity index (χ2v) is 6.63. The highest BCUT2D eigenvalue weighted by Gasteiger charge is 2.32. The summed E-state index contributed by atoms with van der Waals surface area (Å²) in [4.78, 5) is 14.4. The number of hydrogen-bond acceptors (Lipinski definition) is 2. The predicted octanol–water partition coefficient (Wildman–Crippen LogP) is 3.02. The van der Waals surface area contributed by atoms with Crippen molar-refractivity contribution < 1.29 is 4.79 Å². The number of carbonyl (C=O) groups excluding carboxylic acids is 1. The Morgan fingerprint density at radius 3 is 2.50 bits per heavy atom. The Morgan fingerprint density at radius 1 is 1.39 bits per heavy atom. The van der Waals surface area contributed by atoms with Crippen LogP contribution in [0.25, 0.3) is 0 Å². The molecule has 1 saturated heterocycles. The average Bonchev–Trinajstić information content (AvgIpc) is 2.68. The lowest BCUT2D eigenvalue weighted by Crippen LogP contribution is -2.34. The van der Waals surface area contributed by atoms with Crippen LogP contribution in [0.5, 0.6) is 0 Å². The van der Waals surface area contributed by atoms with E-state index in [0.29, 0.717) is 18.0 Å². The minimum Gasteiger partial charge on any atom is -0.336 e. The van der Waals surface area contributed by atoms with E-state index in [2.05, 4.69) is 38.8 Å². The number of rotatable bonds is 2. The number of nitrogens with two attached hydrogens (primary N) is 1. The molecule has 2 atom stereocenters. The summed E-state index contributed by atoms with van der Waals surface area (Å²) in [7, 11) is 0. The van der Waals surface area contributed by atoms with Crippen molar-refractivity contribution in [3.63, 3.8) is 0 Å². The van der Waals surface area contributed by atoms with E-state index in [9.17, 15) is 4.79 Å². The lowest BCUT2D eigenvalue weighted by molar-refractivity contribution is 0.0743. The van der Waals surface area contributed by atoms with Gasteiger partial charge in [-0.15, -0.1) is 0 Å². The first-order valence-corrected chi connectivity index (χ1v) is 7.57. The van der Waals surface area contributed by atoms with E-state index in [-0.39, 0.29) is 11.9 Å². The van der Waals surface area contributed by atoms with Crippen LogP contribution in [0.4, 0.5) is 0 Å². The van der Waals surface area contributed by atoms with E-state index in [4.69, 9.17) is 5.73 Å². The van der Waals surface area contributed by atoms with Crippen LogP contribution in [-0.4, -0.2) is 29.9 Å². The zero-order chi connectivity index (χ0) is 13.3. The van der Waals surface area contributed by atoms with E-state index >= 15 is 0 Å². The fourth-order valence-electron chi connectivity index (χ4n) is 2.44. The molecule has 1 fully saturated rings. The summed E-state index contributed by atoms with van der Waals surface area (Å²) in [6, 6.07) is 5.90. The second-order valence-electron chi connectivity index (χ2n) is 4.80. The SMILES string of the molecule is CC1CC(CN)CN1C(=O)c1cc(Br)cc(Br)c1. The molecule has 1 heterocycles. The summed E-state index contributed by atoms with van der Waals surface area (Å²) in [6.07, 6.45) is 0.997. The third kappa shape index (κ3) is 2.95. The Bertz CT molecular complexity index is 444. The van der Waals surface area contributed by atoms with Gasteiger partial charge in [0.05, 0.1) is 0 Å². The van der Waals surface area contributed by atoms with Crippen molar-refractivity contribution in [1.82, 2.24) is 4.90 Å². The number of nitrogens with zero attached hydrogens (tertiary/aromatic N) is 1. The van der Waals surface area contributed by atoms with Gasteiger partial charge in [-0.3, -0.25) is 4.79 Å². The zero-order valence-corrected chi connectivity index (χ0v) is 13.4. The Morgan fingerprint density at radius 2 is 2.00 bits per heavy atom. The average molecular weight is 376 g/mol. The van der Waals surface area contributed by atoms with Crippen molar-refractivity contribution >= 4 is 37.8 Å². The third-order valence-electron chi connectivity index (χ3n) is 3.37. The number of amides is 1. The van der Waals surface area contributed by atoms with Crippen LogP contribution < -0.4 is 5.73 Å². The predicted molar refractivity (Wildman–Crippen MR) is 79.5 cm³/mol. The molecular formula is C13H16Br2N2O. The number of halogens is 2. The summed E-state index contributed by atoms with van der Waals surface area (Å²) in [6.45, 7) is 3.50. The summed E-state index contributed by atoms with van der Waals surface area (Å²) < 4.78 is 1.81. The van der Waals surface area contributed by atoms with Crippen LogP contribution in [-0.2, 0) is 0 Å². The quantitative estimate of drug-likeness (QED) is 0.863. The fourth-order valence-corrected chi connectivity index (χ4v) is 3.73. The number of likely N-dealkylation sites (tertiary alicyclic amines) is 1. The second kappa shape index (κ2) is 5.72. The minimum absolute atomic E-state index is 0.0838. The van der Waals surface area contributed by atoms with Crippen LogP contribution in [0.2, 0.25) is 0 Å². The zero-order valence-electron chi connectivity index (χ0n) is 10.2. The Labute approximate surface area is 124 Å². The van der Waals surface area contributed by atoms with E-state index in [1.165, 1.54) is 0 Å². The maximum atomic E-state index is 12.5. The van der Waals surface area contributed by atoms with Gasteiger partial charge in [-0.25, -0.2) is 0 Å². The van der Waals surface area contributed by atoms with E-state index in [0.717, 1.165) is 21.9 Å². The van der Waals surface area contributed by atoms with E-state index < -0.39 is 0 Å². The van der Waals surface area contributed by atoms with Crippen molar-refractivity contribution in [2.24, 2.45) is 11.7 Å². The first-order chi connectivity index (χ1) is 8.51. The van der Waals surface area contributed by atoms with Crippen LogP contribution >= 0.6 is 31.9 Å². The fraction of sp³-hybridized carbons (Fsp3) is 0.462. The summed E-state index contributed by atoms with van der Waals surface area (Å²) >= 11 is 6.82. The molecular weight excluding hydrogens is 360 g/mol. The van der Waals surface area contributed by atoms with Crippen LogP contribution in [0.15, 0.2) is 27.1 Å². The van der Waals surface area contributed by atoms with Crippen molar-refractivity contribution in [3.8, 4) is 0 Å². The first kappa shape index (κ1) is 14.0. The monoisotopic (exact) mass is 374 g/mol. The van der Waals surface area contributed by atoms with Gasteiger partial charge >= 0.3 is 0 Å². The molecule has 2 unspecified atom stereocenters. The molecule has 0 spiro atoms. The smallest absolute Gasteiger partial charge is 0.254 e. The molecule has 0 radical (unpaired) electrons. The lowest BCUT2D eigenvalue weighted by Gasteiger charge is -2.21. The van der Waals surface area contributed by atoms with E-state index in [1.54, 1.807) is 0 Å². The minimum atomic E-state index is 0.0838. The highest BCUT2D eigenvalue weighted by atomic mass is 79.9. The molecule has 1 amide bonds. The van der Waals surface area contributed by atoms with Crippen molar-refractivity contribution in [2.75, 3.05) is 13.1 Å². The van der Waals surface area contributed by atoms with Gasteiger partial charge in [0.15, 0.2) is 0 Å². The van der Waals surface area contributed by atoms with Gasteiger partial charge in [0, 0.05) is 27.1 Å². The molecule has 0 saturated carbocycles. The summed E-state index contributed by atoms with van der Waals surface area (Å²) in [5.41, 5.74) is 6.40. The van der Waals surface area contributed by atoms with Crippen LogP contribution in [0.1, 0.15) is 23.7 Å². The highest BCUT2D eigenvalue weighted by molar-refractivity contribution is 9.11. The number of hydrogen-bond donors (Lipinski definition) is 1. The molecule has 2 rings (SSSR count). The van der Waals surface area contributed by atoms with Crippen molar-refractivity contribution in [1.29, 1.82) is 0 Å². The van der Waals surface area contributed by atoms with Crippen molar-refractivity contribution in [2.45, 2.75) is 19.4 Å². The standard InChI is InChI=1S/C13H16Br2N2O/c1-8-2-9(6-16)7-17(8)13(18)10-3-11(14)5-12(15)4-10/h3-5,8-9H,2,6-7,16H2,1H3. The van der Waals surface area contributed by atoms with Crippen LogP contribution in [0, 0.1) is 5.92 Å². The number of carbonyl (C=O) groups is 1. The molecule has 3 nitrogen and oxygen atoms in total. The largest absolute Gasteiger partial charge is 0.336 e. The normalized spacial score (nSPS) is 23.4. The van der Waals surface area contributed by atoms with Crippen molar-refractivity contribution in [3.05, 3.63) is 32.7 Å². The summed E-state index contributed by atoms with van der Waals surface area (Å²) in [5.74, 6) is 0.514.